The Labute approximate surface area is 188 Å². The summed E-state index contributed by atoms with van der Waals surface area (Å²) in [4.78, 5) is 29.6. The number of rotatable bonds is 9. The van der Waals surface area contributed by atoms with Gasteiger partial charge in [0, 0.05) is 25.4 Å². The first-order valence-electron chi connectivity index (χ1n) is 11.3. The Morgan fingerprint density at radius 1 is 1.09 bits per heavy atom. The first kappa shape index (κ1) is 22.1. The van der Waals surface area contributed by atoms with Gasteiger partial charge >= 0.3 is 12.1 Å². The summed E-state index contributed by atoms with van der Waals surface area (Å²) in [5.74, 6) is 0.602. The van der Waals surface area contributed by atoms with Crippen LogP contribution in [-0.4, -0.2) is 46.7 Å². The van der Waals surface area contributed by atoms with Crippen LogP contribution in [0, 0.1) is 11.8 Å². The lowest BCUT2D eigenvalue weighted by molar-refractivity contribution is -0.137. The third kappa shape index (κ3) is 6.22. The summed E-state index contributed by atoms with van der Waals surface area (Å²) < 4.78 is 11.4. The molecule has 1 aromatic heterocycles. The molecule has 1 aliphatic carbocycles. The van der Waals surface area contributed by atoms with E-state index in [1.165, 1.54) is 0 Å². The van der Waals surface area contributed by atoms with Crippen LogP contribution in [-0.2, 0) is 16.1 Å². The molecule has 4 rings (SSSR count). The minimum Gasteiger partial charge on any atom is -0.481 e. The van der Waals surface area contributed by atoms with E-state index in [0.717, 1.165) is 36.8 Å². The summed E-state index contributed by atoms with van der Waals surface area (Å²) in [6.07, 6.45) is 5.45. The van der Waals surface area contributed by atoms with Gasteiger partial charge in [0.05, 0.1) is 13.0 Å². The minimum atomic E-state index is -0.768. The van der Waals surface area contributed by atoms with Crippen LogP contribution < -0.4 is 4.74 Å². The maximum atomic E-state index is 12.3. The zero-order chi connectivity index (χ0) is 22.3. The van der Waals surface area contributed by atoms with Gasteiger partial charge in [-0.25, -0.2) is 9.78 Å². The number of aliphatic carboxylic acids is 1. The molecule has 1 saturated heterocycles. The highest BCUT2D eigenvalue weighted by Gasteiger charge is 2.34. The summed E-state index contributed by atoms with van der Waals surface area (Å²) in [7, 11) is 0. The van der Waals surface area contributed by atoms with Crippen molar-refractivity contribution >= 4 is 12.1 Å². The summed E-state index contributed by atoms with van der Waals surface area (Å²) in [5, 5.41) is 9.23. The van der Waals surface area contributed by atoms with Gasteiger partial charge in [-0.1, -0.05) is 30.3 Å². The number of carbonyl (C=O) groups excluding carboxylic acids is 1. The van der Waals surface area contributed by atoms with Gasteiger partial charge < -0.3 is 19.5 Å². The lowest BCUT2D eigenvalue weighted by atomic mass is 9.92. The number of amides is 1. The number of hydrogen-bond acceptors (Lipinski definition) is 5. The van der Waals surface area contributed by atoms with Crippen molar-refractivity contribution in [3.63, 3.8) is 0 Å². The van der Waals surface area contributed by atoms with Gasteiger partial charge in [0.1, 0.15) is 6.61 Å². The fourth-order valence-corrected chi connectivity index (χ4v) is 4.27. The molecule has 7 nitrogen and oxygen atoms in total. The van der Waals surface area contributed by atoms with E-state index in [1.54, 1.807) is 11.1 Å². The van der Waals surface area contributed by atoms with Crippen LogP contribution in [0.15, 0.2) is 48.7 Å². The molecule has 1 aromatic carbocycles. The lowest BCUT2D eigenvalue weighted by Gasteiger charge is -2.31. The van der Waals surface area contributed by atoms with Crippen LogP contribution >= 0.6 is 0 Å². The Hall–Kier alpha value is -3.09. The highest BCUT2D eigenvalue weighted by Crippen LogP contribution is 2.44. The smallest absolute Gasteiger partial charge is 0.410 e. The van der Waals surface area contributed by atoms with E-state index in [0.29, 0.717) is 37.4 Å². The van der Waals surface area contributed by atoms with E-state index in [9.17, 15) is 14.7 Å². The molecule has 1 atom stereocenters. The van der Waals surface area contributed by atoms with Crippen molar-refractivity contribution in [2.75, 3.05) is 19.7 Å². The molecule has 170 valence electrons. The van der Waals surface area contributed by atoms with E-state index in [1.807, 2.05) is 42.5 Å². The number of hydrogen-bond donors (Lipinski definition) is 1. The van der Waals surface area contributed by atoms with Crippen LogP contribution in [0.1, 0.15) is 49.1 Å². The normalized spacial score (nSPS) is 17.6. The topological polar surface area (TPSA) is 89.0 Å². The Morgan fingerprint density at radius 3 is 2.53 bits per heavy atom. The number of pyridine rings is 1. The zero-order valence-corrected chi connectivity index (χ0v) is 18.2. The molecule has 2 fully saturated rings. The molecule has 0 bridgehead atoms. The summed E-state index contributed by atoms with van der Waals surface area (Å²) in [6.45, 7) is 2.12. The van der Waals surface area contributed by atoms with Gasteiger partial charge in [-0.05, 0) is 60.6 Å². The minimum absolute atomic E-state index is 0.0305. The molecule has 1 aliphatic heterocycles. The molecule has 1 N–H and O–H groups in total. The van der Waals surface area contributed by atoms with Crippen LogP contribution in [0.2, 0.25) is 0 Å². The first-order valence-corrected chi connectivity index (χ1v) is 11.3. The second kappa shape index (κ2) is 10.5. The standard InChI is InChI=1S/C25H30N2O5/c28-24(29)15-22(20-6-7-20)21-8-11-26-23(14-21)31-16-19-9-12-27(13-10-19)25(30)32-17-18-4-2-1-3-5-18/h1-5,8,11,14,19-20,22H,6-7,9-10,12-13,15-17H2,(H,28,29). The fraction of sp³-hybridized carbons (Fsp3) is 0.480. The third-order valence-corrected chi connectivity index (χ3v) is 6.32. The zero-order valence-electron chi connectivity index (χ0n) is 18.2. The highest BCUT2D eigenvalue weighted by atomic mass is 16.6. The number of carbonyl (C=O) groups is 2. The quantitative estimate of drug-likeness (QED) is 0.621. The molecular weight excluding hydrogens is 408 g/mol. The van der Waals surface area contributed by atoms with Crippen LogP contribution in [0.25, 0.3) is 0 Å². The fourth-order valence-electron chi connectivity index (χ4n) is 4.27. The molecule has 0 radical (unpaired) electrons. The summed E-state index contributed by atoms with van der Waals surface area (Å²) in [5.41, 5.74) is 1.97. The van der Waals surface area contributed by atoms with E-state index in [2.05, 4.69) is 4.98 Å². The van der Waals surface area contributed by atoms with Crippen molar-refractivity contribution in [1.82, 2.24) is 9.88 Å². The predicted molar refractivity (Wildman–Crippen MR) is 118 cm³/mol. The molecule has 7 heteroatoms. The van der Waals surface area contributed by atoms with Gasteiger partial charge in [-0.3, -0.25) is 4.79 Å². The van der Waals surface area contributed by atoms with Crippen LogP contribution in [0.4, 0.5) is 4.79 Å². The maximum Gasteiger partial charge on any atom is 0.410 e. The van der Waals surface area contributed by atoms with Gasteiger partial charge in [0.2, 0.25) is 5.88 Å². The molecule has 2 aliphatic rings. The van der Waals surface area contributed by atoms with Crippen molar-refractivity contribution in [2.24, 2.45) is 11.8 Å². The molecule has 32 heavy (non-hydrogen) atoms. The number of benzene rings is 1. The number of ether oxygens (including phenoxy) is 2. The number of carboxylic acids is 1. The van der Waals surface area contributed by atoms with E-state index >= 15 is 0 Å². The van der Waals surface area contributed by atoms with E-state index in [-0.39, 0.29) is 25.0 Å². The van der Waals surface area contributed by atoms with Gasteiger partial charge in [0.25, 0.3) is 0 Å². The SMILES string of the molecule is O=C(O)CC(c1ccnc(OCC2CCN(C(=O)OCc3ccccc3)CC2)c1)C1CC1. The Bertz CT molecular complexity index is 908. The third-order valence-electron chi connectivity index (χ3n) is 6.32. The monoisotopic (exact) mass is 438 g/mol. The number of nitrogens with zero attached hydrogens (tertiary/aromatic N) is 2. The van der Waals surface area contributed by atoms with Crippen molar-refractivity contribution in [2.45, 2.75) is 44.6 Å². The largest absolute Gasteiger partial charge is 0.481 e. The van der Waals surface area contributed by atoms with Crippen molar-refractivity contribution in [1.29, 1.82) is 0 Å². The van der Waals surface area contributed by atoms with Gasteiger partial charge in [-0.2, -0.15) is 0 Å². The van der Waals surface area contributed by atoms with Crippen LogP contribution in [0.3, 0.4) is 0 Å². The molecule has 2 heterocycles. The van der Waals surface area contributed by atoms with Crippen molar-refractivity contribution < 1.29 is 24.2 Å². The maximum absolute atomic E-state index is 12.3. The van der Waals surface area contributed by atoms with E-state index in [4.69, 9.17) is 9.47 Å². The molecular formula is C25H30N2O5. The predicted octanol–water partition coefficient (Wildman–Crippen LogP) is 4.48. The number of carboxylic acid groups (broad SMARTS) is 1. The first-order chi connectivity index (χ1) is 15.6. The molecule has 0 spiro atoms. The number of aromatic nitrogens is 1. The molecule has 1 amide bonds. The second-order valence-electron chi connectivity index (χ2n) is 8.75. The van der Waals surface area contributed by atoms with Crippen molar-refractivity contribution in [3.8, 4) is 5.88 Å². The Morgan fingerprint density at radius 2 is 1.84 bits per heavy atom. The molecule has 1 unspecified atom stereocenters. The molecule has 2 aromatic rings. The lowest BCUT2D eigenvalue weighted by Crippen LogP contribution is -2.40. The Kier molecular flexibility index (Phi) is 7.24. The average Bonchev–Trinajstić information content (AvgIpc) is 3.66. The van der Waals surface area contributed by atoms with Gasteiger partial charge in [0.15, 0.2) is 0 Å². The highest BCUT2D eigenvalue weighted by molar-refractivity contribution is 5.68. The second-order valence-corrected chi connectivity index (χ2v) is 8.75. The van der Waals surface area contributed by atoms with E-state index < -0.39 is 5.97 Å². The van der Waals surface area contributed by atoms with Crippen molar-refractivity contribution in [3.05, 3.63) is 59.8 Å². The number of piperidine rings is 1. The van der Waals surface area contributed by atoms with Gasteiger partial charge in [-0.15, -0.1) is 0 Å². The Balaban J connectivity index is 1.22. The average molecular weight is 439 g/mol. The summed E-state index contributed by atoms with van der Waals surface area (Å²) >= 11 is 0. The van der Waals surface area contributed by atoms with Crippen LogP contribution in [0.5, 0.6) is 5.88 Å². The number of likely N-dealkylation sites (tertiary alicyclic amines) is 1. The molecule has 1 saturated carbocycles. The summed E-state index contributed by atoms with van der Waals surface area (Å²) in [6, 6.07) is 13.5.